The van der Waals surface area contributed by atoms with Crippen molar-refractivity contribution < 1.29 is 14.3 Å². The van der Waals surface area contributed by atoms with E-state index in [0.29, 0.717) is 23.6 Å². The maximum absolute atomic E-state index is 12.3. The van der Waals surface area contributed by atoms with Crippen LogP contribution in [0, 0.1) is 6.92 Å². The summed E-state index contributed by atoms with van der Waals surface area (Å²) in [6.07, 6.45) is 9.55. The van der Waals surface area contributed by atoms with Crippen LogP contribution in [0.4, 0.5) is 5.00 Å². The van der Waals surface area contributed by atoms with Crippen molar-refractivity contribution in [2.24, 2.45) is 0 Å². The van der Waals surface area contributed by atoms with Crippen molar-refractivity contribution in [3.05, 3.63) is 16.0 Å². The first-order chi connectivity index (χ1) is 12.0. The summed E-state index contributed by atoms with van der Waals surface area (Å²) in [6.45, 7) is 8.34. The summed E-state index contributed by atoms with van der Waals surface area (Å²) in [4.78, 5) is 25.6. The van der Waals surface area contributed by atoms with E-state index in [9.17, 15) is 9.59 Å². The number of thiophene rings is 1. The quantitative estimate of drug-likeness (QED) is 0.371. The number of amides is 1. The predicted molar refractivity (Wildman–Crippen MR) is 106 cm³/mol. The largest absolute Gasteiger partial charge is 0.462 e. The normalized spacial score (nSPS) is 10.7. The molecular weight excluding hydrogens is 334 g/mol. The number of aryl methyl sites for hydroxylation is 1. The third kappa shape index (κ3) is 7.18. The van der Waals surface area contributed by atoms with Crippen LogP contribution >= 0.6 is 11.3 Å². The van der Waals surface area contributed by atoms with Gasteiger partial charge in [0.1, 0.15) is 5.00 Å². The summed E-state index contributed by atoms with van der Waals surface area (Å²) >= 11 is 1.47. The molecule has 0 saturated heterocycles. The van der Waals surface area contributed by atoms with Gasteiger partial charge in [0.25, 0.3) is 0 Å². The van der Waals surface area contributed by atoms with E-state index in [1.54, 1.807) is 6.92 Å². The summed E-state index contributed by atoms with van der Waals surface area (Å²) in [7, 11) is 0. The lowest BCUT2D eigenvalue weighted by Crippen LogP contribution is -2.14. The number of ether oxygens (including phenoxy) is 1. The highest BCUT2D eigenvalue weighted by Crippen LogP contribution is 2.34. The number of rotatable bonds is 12. The highest BCUT2D eigenvalue weighted by atomic mass is 32.1. The molecule has 5 heteroatoms. The van der Waals surface area contributed by atoms with Gasteiger partial charge in [0.15, 0.2) is 0 Å². The number of anilines is 1. The van der Waals surface area contributed by atoms with Crippen molar-refractivity contribution in [1.82, 2.24) is 0 Å². The number of carbonyl (C=O) groups excluding carboxylic acids is 2. The molecule has 0 bridgehead atoms. The standard InChI is InChI=1S/C20H33NO3S/c1-5-8-9-10-11-12-13-14-17(22)21-19-18(20(23)24-7-3)16(6-2)15(4)25-19/h5-14H2,1-4H3,(H,21,22). The minimum atomic E-state index is -0.338. The van der Waals surface area contributed by atoms with Crippen LogP contribution in [0.5, 0.6) is 0 Å². The van der Waals surface area contributed by atoms with Crippen LogP contribution in [0.2, 0.25) is 0 Å². The smallest absolute Gasteiger partial charge is 0.341 e. The zero-order valence-electron chi connectivity index (χ0n) is 16.2. The first-order valence-electron chi connectivity index (χ1n) is 9.64. The van der Waals surface area contributed by atoms with Crippen molar-refractivity contribution in [2.45, 2.75) is 85.5 Å². The SMILES string of the molecule is CCCCCCCCCC(=O)Nc1sc(C)c(CC)c1C(=O)OCC. The van der Waals surface area contributed by atoms with Gasteiger partial charge >= 0.3 is 5.97 Å². The van der Waals surface area contributed by atoms with Crippen LogP contribution in [-0.4, -0.2) is 18.5 Å². The Hall–Kier alpha value is -1.36. The van der Waals surface area contributed by atoms with Crippen molar-refractivity contribution in [2.75, 3.05) is 11.9 Å². The fourth-order valence-electron chi connectivity index (χ4n) is 2.94. The Bertz CT molecular complexity index is 551. The van der Waals surface area contributed by atoms with Gasteiger partial charge in [-0.25, -0.2) is 4.79 Å². The van der Waals surface area contributed by atoms with E-state index >= 15 is 0 Å². The van der Waals surface area contributed by atoms with Crippen molar-refractivity contribution in [3.63, 3.8) is 0 Å². The lowest BCUT2D eigenvalue weighted by Gasteiger charge is -2.08. The maximum Gasteiger partial charge on any atom is 0.341 e. The third-order valence-electron chi connectivity index (χ3n) is 4.30. The van der Waals surface area contributed by atoms with Crippen LogP contribution in [0.3, 0.4) is 0 Å². The average molecular weight is 368 g/mol. The second kappa shape index (κ2) is 12.1. The van der Waals surface area contributed by atoms with Crippen LogP contribution in [-0.2, 0) is 16.0 Å². The van der Waals surface area contributed by atoms with Gasteiger partial charge in [0.05, 0.1) is 12.2 Å². The molecule has 1 rings (SSSR count). The van der Waals surface area contributed by atoms with Gasteiger partial charge in [-0.3, -0.25) is 4.79 Å². The fourth-order valence-corrected chi connectivity index (χ4v) is 4.09. The summed E-state index contributed by atoms with van der Waals surface area (Å²) in [5, 5.41) is 3.57. The molecule has 0 radical (unpaired) electrons. The van der Waals surface area contributed by atoms with Crippen molar-refractivity contribution in [1.29, 1.82) is 0 Å². The lowest BCUT2D eigenvalue weighted by atomic mass is 10.1. The molecule has 0 aromatic carbocycles. The predicted octanol–water partition coefficient (Wildman–Crippen LogP) is 5.87. The molecule has 0 spiro atoms. The maximum atomic E-state index is 12.3. The van der Waals surface area contributed by atoms with Crippen molar-refractivity contribution >= 4 is 28.2 Å². The Labute approximate surface area is 156 Å². The van der Waals surface area contributed by atoms with E-state index in [0.717, 1.165) is 29.7 Å². The summed E-state index contributed by atoms with van der Waals surface area (Å²) in [5.74, 6) is -0.349. The first-order valence-corrected chi connectivity index (χ1v) is 10.5. The first kappa shape index (κ1) is 21.7. The van der Waals surface area contributed by atoms with Gasteiger partial charge < -0.3 is 10.1 Å². The van der Waals surface area contributed by atoms with Gasteiger partial charge in [0.2, 0.25) is 5.91 Å². The number of unbranched alkanes of at least 4 members (excludes halogenated alkanes) is 6. The van der Waals surface area contributed by atoms with Gasteiger partial charge in [-0.1, -0.05) is 52.4 Å². The minimum absolute atomic E-state index is 0.0111. The molecule has 0 atom stereocenters. The number of hydrogen-bond donors (Lipinski definition) is 1. The third-order valence-corrected chi connectivity index (χ3v) is 5.37. The molecule has 0 saturated carbocycles. The molecule has 0 aliphatic heterocycles. The molecule has 0 fully saturated rings. The van der Waals surface area contributed by atoms with E-state index < -0.39 is 0 Å². The molecule has 0 aliphatic rings. The Morgan fingerprint density at radius 1 is 1.00 bits per heavy atom. The topological polar surface area (TPSA) is 55.4 Å². The molecule has 1 heterocycles. The minimum Gasteiger partial charge on any atom is -0.462 e. The molecule has 0 aliphatic carbocycles. The fraction of sp³-hybridized carbons (Fsp3) is 0.700. The molecule has 1 N–H and O–H groups in total. The van der Waals surface area contributed by atoms with E-state index in [2.05, 4.69) is 12.2 Å². The van der Waals surface area contributed by atoms with Crippen LogP contribution < -0.4 is 5.32 Å². The Morgan fingerprint density at radius 3 is 2.24 bits per heavy atom. The van der Waals surface area contributed by atoms with E-state index in [-0.39, 0.29) is 11.9 Å². The molecule has 1 aromatic heterocycles. The second-order valence-corrected chi connectivity index (χ2v) is 7.56. The molecule has 4 nitrogen and oxygen atoms in total. The summed E-state index contributed by atoms with van der Waals surface area (Å²) in [6, 6.07) is 0. The monoisotopic (exact) mass is 367 g/mol. The van der Waals surface area contributed by atoms with Crippen molar-refractivity contribution in [3.8, 4) is 0 Å². The lowest BCUT2D eigenvalue weighted by molar-refractivity contribution is -0.116. The second-order valence-electron chi connectivity index (χ2n) is 6.33. The molecular formula is C20H33NO3S. The van der Waals surface area contributed by atoms with Crippen LogP contribution in [0.25, 0.3) is 0 Å². The Kier molecular flexibility index (Phi) is 10.5. The van der Waals surface area contributed by atoms with E-state index in [4.69, 9.17) is 4.74 Å². The summed E-state index contributed by atoms with van der Waals surface area (Å²) in [5.41, 5.74) is 1.52. The number of esters is 1. The summed E-state index contributed by atoms with van der Waals surface area (Å²) < 4.78 is 5.17. The molecule has 25 heavy (non-hydrogen) atoms. The molecule has 1 amide bonds. The highest BCUT2D eigenvalue weighted by Gasteiger charge is 2.23. The zero-order chi connectivity index (χ0) is 18.7. The molecule has 0 unspecified atom stereocenters. The van der Waals surface area contributed by atoms with E-state index in [1.165, 1.54) is 43.4 Å². The Morgan fingerprint density at radius 2 is 1.64 bits per heavy atom. The van der Waals surface area contributed by atoms with E-state index in [1.807, 2.05) is 13.8 Å². The molecule has 1 aromatic rings. The molecule has 142 valence electrons. The average Bonchev–Trinajstić information content (AvgIpc) is 2.89. The van der Waals surface area contributed by atoms with Gasteiger partial charge in [-0.15, -0.1) is 11.3 Å². The van der Waals surface area contributed by atoms with Crippen LogP contribution in [0.1, 0.15) is 92.9 Å². The number of nitrogens with one attached hydrogen (secondary N) is 1. The van der Waals surface area contributed by atoms with Gasteiger partial charge in [0, 0.05) is 11.3 Å². The zero-order valence-corrected chi connectivity index (χ0v) is 17.0. The Balaban J connectivity index is 2.55. The number of carbonyl (C=O) groups is 2. The van der Waals surface area contributed by atoms with Gasteiger partial charge in [-0.2, -0.15) is 0 Å². The highest BCUT2D eigenvalue weighted by molar-refractivity contribution is 7.16. The van der Waals surface area contributed by atoms with Gasteiger partial charge in [-0.05, 0) is 32.3 Å². The number of hydrogen-bond acceptors (Lipinski definition) is 4. The van der Waals surface area contributed by atoms with Crippen LogP contribution in [0.15, 0.2) is 0 Å².